The highest BCUT2D eigenvalue weighted by Crippen LogP contribution is 2.41. The lowest BCUT2D eigenvalue weighted by Gasteiger charge is -2.53. The number of carbonyl (C=O) groups is 1. The number of aliphatic hydroxyl groups excluding tert-OH is 2. The van der Waals surface area contributed by atoms with Gasteiger partial charge in [-0.05, 0) is 37.3 Å². The number of hydrogen-bond donors (Lipinski definition) is 2. The highest BCUT2D eigenvalue weighted by molar-refractivity contribution is 8.17. The lowest BCUT2D eigenvalue weighted by atomic mass is 9.90. The van der Waals surface area contributed by atoms with E-state index in [9.17, 15) is 15.0 Å². The molecule has 0 radical (unpaired) electrons. The van der Waals surface area contributed by atoms with E-state index in [4.69, 9.17) is 14.2 Å². The molecule has 1 aromatic carbocycles. The molecule has 0 spiro atoms. The molecule has 182 valence electrons. The van der Waals surface area contributed by atoms with Crippen LogP contribution >= 0.6 is 23.5 Å². The fourth-order valence-electron chi connectivity index (χ4n) is 4.52. The minimum atomic E-state index is -1.19. The first-order valence-corrected chi connectivity index (χ1v) is 13.4. The standard InChI is InChI=1S/C24H33NO6S2/c1-24(2)30-14-17(31-24)19(26)20(27)18(23-32-12-7-13-33-23)25-16(21(29-3)22(25)28)11-10-15-8-5-4-6-9-15/h4-6,8-11,16-21,23,26-27H,7,12-14H2,1-3H3/b11-10+/t16-,17-,18-,19-,20-,21+/m1/s1. The number of β-lactam (4-membered cyclic amide) rings is 1. The second kappa shape index (κ2) is 10.7. The summed E-state index contributed by atoms with van der Waals surface area (Å²) in [6, 6.07) is 8.93. The SMILES string of the molecule is CO[C@@H]1C(=O)N([C@@H](C2SCCCS2)[C@@H](O)[C@H](O)[C@H]2COC(C)(C)O2)[C@@H]1/C=C/c1ccccc1. The number of rotatable bonds is 8. The minimum Gasteiger partial charge on any atom is -0.388 e. The monoisotopic (exact) mass is 495 g/mol. The van der Waals surface area contributed by atoms with Crippen molar-refractivity contribution in [1.29, 1.82) is 0 Å². The molecule has 0 aromatic heterocycles. The summed E-state index contributed by atoms with van der Waals surface area (Å²) in [5.41, 5.74) is 1.02. The first kappa shape index (κ1) is 25.0. The zero-order valence-electron chi connectivity index (χ0n) is 19.2. The number of amides is 1. The normalized spacial score (nSPS) is 30.9. The van der Waals surface area contributed by atoms with Crippen molar-refractivity contribution < 1.29 is 29.2 Å². The van der Waals surface area contributed by atoms with E-state index in [1.165, 1.54) is 7.11 Å². The number of hydrogen-bond acceptors (Lipinski definition) is 8. The number of aliphatic hydroxyl groups is 2. The first-order chi connectivity index (χ1) is 15.8. The van der Waals surface area contributed by atoms with Gasteiger partial charge in [0.1, 0.15) is 18.3 Å². The zero-order chi connectivity index (χ0) is 23.6. The average molecular weight is 496 g/mol. The van der Waals surface area contributed by atoms with Crippen LogP contribution in [-0.4, -0.2) is 93.1 Å². The number of benzene rings is 1. The highest BCUT2D eigenvalue weighted by Gasteiger charge is 2.55. The average Bonchev–Trinajstić information content (AvgIpc) is 3.19. The molecule has 4 rings (SSSR count). The van der Waals surface area contributed by atoms with Crippen LogP contribution in [0.1, 0.15) is 25.8 Å². The number of carbonyl (C=O) groups excluding carboxylic acids is 1. The maximum absolute atomic E-state index is 13.1. The Hall–Kier alpha value is -1.07. The van der Waals surface area contributed by atoms with E-state index in [1.807, 2.05) is 42.5 Å². The van der Waals surface area contributed by atoms with Crippen molar-refractivity contribution in [2.75, 3.05) is 25.2 Å². The van der Waals surface area contributed by atoms with Crippen LogP contribution in [0.2, 0.25) is 0 Å². The Morgan fingerprint density at radius 1 is 1.21 bits per heavy atom. The van der Waals surface area contributed by atoms with Gasteiger partial charge in [-0.2, -0.15) is 0 Å². The van der Waals surface area contributed by atoms with Crippen molar-refractivity contribution in [3.8, 4) is 0 Å². The number of nitrogens with zero attached hydrogens (tertiary/aromatic N) is 1. The molecule has 9 heteroatoms. The van der Waals surface area contributed by atoms with E-state index in [-0.39, 0.29) is 23.1 Å². The van der Waals surface area contributed by atoms with E-state index in [0.717, 1.165) is 23.5 Å². The van der Waals surface area contributed by atoms with E-state index < -0.39 is 36.2 Å². The van der Waals surface area contributed by atoms with Gasteiger partial charge in [0.2, 0.25) is 0 Å². The Bertz CT molecular complexity index is 832. The minimum absolute atomic E-state index is 0.0619. The van der Waals surface area contributed by atoms with Gasteiger partial charge in [0.05, 0.1) is 23.3 Å². The van der Waals surface area contributed by atoms with Crippen LogP contribution < -0.4 is 0 Å². The van der Waals surface area contributed by atoms with Crippen molar-refractivity contribution in [3.05, 3.63) is 42.0 Å². The number of ether oxygens (including phenoxy) is 3. The number of likely N-dealkylation sites (tertiary alicyclic amines) is 1. The molecular formula is C24H33NO6S2. The van der Waals surface area contributed by atoms with Crippen molar-refractivity contribution in [3.63, 3.8) is 0 Å². The molecule has 7 nitrogen and oxygen atoms in total. The summed E-state index contributed by atoms with van der Waals surface area (Å²) in [7, 11) is 1.53. The van der Waals surface area contributed by atoms with Gasteiger partial charge in [-0.3, -0.25) is 4.79 Å². The van der Waals surface area contributed by atoms with E-state index in [1.54, 1.807) is 42.3 Å². The Kier molecular flexibility index (Phi) is 8.10. The van der Waals surface area contributed by atoms with Crippen LogP contribution in [0.3, 0.4) is 0 Å². The summed E-state index contributed by atoms with van der Waals surface area (Å²) in [4.78, 5) is 14.8. The maximum Gasteiger partial charge on any atom is 0.255 e. The lowest BCUT2D eigenvalue weighted by Crippen LogP contribution is -2.72. The molecule has 0 saturated carbocycles. The molecule has 2 N–H and O–H groups in total. The molecule has 3 aliphatic heterocycles. The Labute approximate surface area is 203 Å². The molecular weight excluding hydrogens is 462 g/mol. The second-order valence-corrected chi connectivity index (χ2v) is 11.8. The third kappa shape index (κ3) is 5.45. The fraction of sp³-hybridized carbons (Fsp3) is 0.625. The van der Waals surface area contributed by atoms with Gasteiger partial charge in [-0.1, -0.05) is 42.5 Å². The predicted octanol–water partition coefficient (Wildman–Crippen LogP) is 2.36. The summed E-state index contributed by atoms with van der Waals surface area (Å²) in [6.45, 7) is 3.75. The summed E-state index contributed by atoms with van der Waals surface area (Å²) in [5, 5.41) is 22.5. The molecule has 3 saturated heterocycles. The number of methoxy groups -OCH3 is 1. The van der Waals surface area contributed by atoms with Gasteiger partial charge in [0.25, 0.3) is 5.91 Å². The summed E-state index contributed by atoms with van der Waals surface area (Å²) < 4.78 is 16.8. The van der Waals surface area contributed by atoms with Gasteiger partial charge >= 0.3 is 0 Å². The van der Waals surface area contributed by atoms with Crippen LogP contribution in [0.15, 0.2) is 36.4 Å². The van der Waals surface area contributed by atoms with Gasteiger partial charge < -0.3 is 29.3 Å². The van der Waals surface area contributed by atoms with Crippen LogP contribution in [0, 0.1) is 0 Å². The second-order valence-electron chi connectivity index (χ2n) is 8.96. The molecule has 0 unspecified atom stereocenters. The maximum atomic E-state index is 13.1. The van der Waals surface area contributed by atoms with Crippen molar-refractivity contribution in [2.45, 2.75) is 67.1 Å². The third-order valence-corrected chi connectivity index (χ3v) is 9.31. The predicted molar refractivity (Wildman–Crippen MR) is 131 cm³/mol. The molecule has 1 aromatic rings. The molecule has 1 amide bonds. The van der Waals surface area contributed by atoms with Crippen LogP contribution in [0.4, 0.5) is 0 Å². The smallest absolute Gasteiger partial charge is 0.255 e. The van der Waals surface area contributed by atoms with E-state index >= 15 is 0 Å². The lowest BCUT2D eigenvalue weighted by molar-refractivity contribution is -0.185. The number of thioether (sulfide) groups is 2. The molecule has 3 fully saturated rings. The zero-order valence-corrected chi connectivity index (χ0v) is 20.8. The molecule has 3 heterocycles. The van der Waals surface area contributed by atoms with Crippen molar-refractivity contribution in [2.24, 2.45) is 0 Å². The highest BCUT2D eigenvalue weighted by atomic mass is 32.2. The van der Waals surface area contributed by atoms with Crippen molar-refractivity contribution >= 4 is 35.5 Å². The molecule has 0 bridgehead atoms. The van der Waals surface area contributed by atoms with Gasteiger partial charge in [-0.25, -0.2) is 0 Å². The molecule has 33 heavy (non-hydrogen) atoms. The summed E-state index contributed by atoms with van der Waals surface area (Å²) in [5.74, 6) is 0.914. The Morgan fingerprint density at radius 2 is 1.91 bits per heavy atom. The molecule has 6 atom stereocenters. The fourth-order valence-corrected chi connectivity index (χ4v) is 7.73. The topological polar surface area (TPSA) is 88.5 Å². The largest absolute Gasteiger partial charge is 0.388 e. The van der Waals surface area contributed by atoms with Crippen LogP contribution in [0.5, 0.6) is 0 Å². The summed E-state index contributed by atoms with van der Waals surface area (Å²) in [6.07, 6.45) is 1.35. The first-order valence-electron chi connectivity index (χ1n) is 11.3. The van der Waals surface area contributed by atoms with Crippen LogP contribution in [-0.2, 0) is 19.0 Å². The Balaban J connectivity index is 1.59. The van der Waals surface area contributed by atoms with Gasteiger partial charge in [-0.15, -0.1) is 23.5 Å². The van der Waals surface area contributed by atoms with Gasteiger partial charge in [0, 0.05) is 7.11 Å². The molecule has 3 aliphatic rings. The van der Waals surface area contributed by atoms with E-state index in [0.29, 0.717) is 0 Å². The summed E-state index contributed by atoms with van der Waals surface area (Å²) >= 11 is 3.45. The van der Waals surface area contributed by atoms with E-state index in [2.05, 4.69) is 0 Å². The molecule has 0 aliphatic carbocycles. The quantitative estimate of drug-likeness (QED) is 0.532. The van der Waals surface area contributed by atoms with Crippen LogP contribution in [0.25, 0.3) is 6.08 Å². The Morgan fingerprint density at radius 3 is 2.52 bits per heavy atom. The van der Waals surface area contributed by atoms with Crippen molar-refractivity contribution in [1.82, 2.24) is 4.90 Å². The third-order valence-electron chi connectivity index (χ3n) is 6.23. The van der Waals surface area contributed by atoms with Gasteiger partial charge in [0.15, 0.2) is 11.9 Å².